The van der Waals surface area contributed by atoms with Crippen LogP contribution in [0.2, 0.25) is 0 Å². The van der Waals surface area contributed by atoms with Gasteiger partial charge in [0.2, 0.25) is 11.8 Å². The predicted octanol–water partition coefficient (Wildman–Crippen LogP) is 0.520. The summed E-state index contributed by atoms with van der Waals surface area (Å²) in [4.78, 5) is 36.4. The van der Waals surface area contributed by atoms with E-state index in [1.807, 2.05) is 12.1 Å². The van der Waals surface area contributed by atoms with Crippen LogP contribution in [0.1, 0.15) is 30.4 Å². The highest BCUT2D eigenvalue weighted by Crippen LogP contribution is 2.27. The molecule has 0 unspecified atom stereocenters. The molecule has 2 heterocycles. The Bertz CT molecular complexity index is 727. The van der Waals surface area contributed by atoms with E-state index in [9.17, 15) is 14.4 Å². The summed E-state index contributed by atoms with van der Waals surface area (Å²) >= 11 is 0. The molecule has 126 valence electrons. The van der Waals surface area contributed by atoms with E-state index in [-0.39, 0.29) is 17.7 Å². The molecule has 1 aromatic rings. The first-order valence-electron chi connectivity index (χ1n) is 8.06. The van der Waals surface area contributed by atoms with Gasteiger partial charge in [0.25, 0.3) is 5.91 Å². The molecule has 0 fully saturated rings. The van der Waals surface area contributed by atoms with Crippen molar-refractivity contribution in [1.29, 1.82) is 0 Å². The van der Waals surface area contributed by atoms with Crippen LogP contribution in [0.15, 0.2) is 23.3 Å². The van der Waals surface area contributed by atoms with Gasteiger partial charge in [-0.25, -0.2) is 5.43 Å². The molecule has 0 saturated carbocycles. The zero-order valence-electron chi connectivity index (χ0n) is 13.6. The summed E-state index contributed by atoms with van der Waals surface area (Å²) in [6, 6.07) is 6.05. The van der Waals surface area contributed by atoms with E-state index in [4.69, 9.17) is 0 Å². The topological polar surface area (TPSA) is 90.9 Å². The van der Waals surface area contributed by atoms with Gasteiger partial charge in [0, 0.05) is 38.5 Å². The Labute approximate surface area is 140 Å². The van der Waals surface area contributed by atoms with Gasteiger partial charge in [0.15, 0.2) is 0 Å². The summed E-state index contributed by atoms with van der Waals surface area (Å²) in [7, 11) is 1.80. The molecule has 2 aliphatic rings. The van der Waals surface area contributed by atoms with E-state index in [1.54, 1.807) is 11.9 Å². The van der Waals surface area contributed by atoms with Crippen molar-refractivity contribution < 1.29 is 14.4 Å². The van der Waals surface area contributed by atoms with Gasteiger partial charge in [0.1, 0.15) is 5.71 Å². The lowest BCUT2D eigenvalue weighted by molar-refractivity contribution is -0.121. The molecule has 0 spiro atoms. The normalized spacial score (nSPS) is 17.0. The number of hydrazone groups is 1. The summed E-state index contributed by atoms with van der Waals surface area (Å²) in [6.07, 6.45) is 2.67. The molecule has 0 atom stereocenters. The molecule has 24 heavy (non-hydrogen) atoms. The monoisotopic (exact) mass is 328 g/mol. The van der Waals surface area contributed by atoms with Crippen LogP contribution < -0.4 is 15.6 Å². The highest BCUT2D eigenvalue weighted by Gasteiger charge is 2.21. The van der Waals surface area contributed by atoms with E-state index in [0.29, 0.717) is 37.9 Å². The molecule has 0 bridgehead atoms. The molecule has 0 aromatic heterocycles. The highest BCUT2D eigenvalue weighted by molar-refractivity contribution is 6.39. The quantitative estimate of drug-likeness (QED) is 0.844. The van der Waals surface area contributed by atoms with Crippen molar-refractivity contribution in [3.63, 3.8) is 0 Å². The molecule has 3 amide bonds. The SMILES string of the molecule is CN1C(=O)CCc2cc(CCNC(=O)C3=NNC(=O)CC3)ccc21. The summed E-state index contributed by atoms with van der Waals surface area (Å²) in [5, 5.41) is 6.60. The van der Waals surface area contributed by atoms with E-state index in [2.05, 4.69) is 21.9 Å². The molecule has 3 rings (SSSR count). The minimum Gasteiger partial charge on any atom is -0.351 e. The van der Waals surface area contributed by atoms with Gasteiger partial charge >= 0.3 is 0 Å². The number of rotatable bonds is 4. The Kier molecular flexibility index (Phi) is 4.59. The first-order valence-corrected chi connectivity index (χ1v) is 8.06. The van der Waals surface area contributed by atoms with Gasteiger partial charge in [-0.1, -0.05) is 12.1 Å². The third-order valence-corrected chi connectivity index (χ3v) is 4.35. The highest BCUT2D eigenvalue weighted by atomic mass is 16.2. The number of nitrogens with one attached hydrogen (secondary N) is 2. The lowest BCUT2D eigenvalue weighted by Crippen LogP contribution is -2.37. The number of carbonyl (C=O) groups is 3. The smallest absolute Gasteiger partial charge is 0.267 e. The molecular weight excluding hydrogens is 308 g/mol. The van der Waals surface area contributed by atoms with Crippen molar-refractivity contribution in [3.05, 3.63) is 29.3 Å². The number of hydrogen-bond donors (Lipinski definition) is 2. The molecule has 7 nitrogen and oxygen atoms in total. The first kappa shape index (κ1) is 16.2. The van der Waals surface area contributed by atoms with Crippen molar-refractivity contribution >= 4 is 29.1 Å². The number of amides is 3. The molecular formula is C17H20N4O3. The Morgan fingerprint density at radius 2 is 2.08 bits per heavy atom. The molecule has 1 aromatic carbocycles. The number of carbonyl (C=O) groups excluding carboxylic acids is 3. The lowest BCUT2D eigenvalue weighted by atomic mass is 9.98. The first-order chi connectivity index (χ1) is 11.5. The number of fused-ring (bicyclic) bond motifs is 1. The van der Waals surface area contributed by atoms with Crippen molar-refractivity contribution in [3.8, 4) is 0 Å². The van der Waals surface area contributed by atoms with E-state index in [1.165, 1.54) is 5.56 Å². The average molecular weight is 328 g/mol. The van der Waals surface area contributed by atoms with Crippen LogP contribution in [0.5, 0.6) is 0 Å². The van der Waals surface area contributed by atoms with Crippen molar-refractivity contribution in [2.24, 2.45) is 5.10 Å². The molecule has 0 radical (unpaired) electrons. The van der Waals surface area contributed by atoms with Gasteiger partial charge < -0.3 is 10.2 Å². The Hall–Kier alpha value is -2.70. The second kappa shape index (κ2) is 6.82. The molecule has 2 aliphatic heterocycles. The third kappa shape index (κ3) is 3.45. The van der Waals surface area contributed by atoms with Crippen LogP contribution in [-0.4, -0.2) is 37.0 Å². The van der Waals surface area contributed by atoms with Crippen molar-refractivity contribution in [2.75, 3.05) is 18.5 Å². The maximum absolute atomic E-state index is 12.0. The summed E-state index contributed by atoms with van der Waals surface area (Å²) < 4.78 is 0. The van der Waals surface area contributed by atoms with E-state index in [0.717, 1.165) is 17.7 Å². The Morgan fingerprint density at radius 1 is 1.25 bits per heavy atom. The van der Waals surface area contributed by atoms with Crippen LogP contribution in [-0.2, 0) is 27.2 Å². The van der Waals surface area contributed by atoms with Gasteiger partial charge in [-0.05, 0) is 30.0 Å². The van der Waals surface area contributed by atoms with Crippen LogP contribution in [0.4, 0.5) is 5.69 Å². The third-order valence-electron chi connectivity index (χ3n) is 4.35. The second-order valence-corrected chi connectivity index (χ2v) is 6.02. The standard InChI is InChI=1S/C17H20N4O3/c1-21-14-5-2-11(10-12(14)3-7-16(21)23)8-9-18-17(24)13-4-6-15(22)20-19-13/h2,5,10H,3-4,6-9H2,1H3,(H,18,24)(H,20,22). The number of aryl methyl sites for hydroxylation is 1. The zero-order valence-corrected chi connectivity index (χ0v) is 13.6. The second-order valence-electron chi connectivity index (χ2n) is 6.02. The average Bonchev–Trinajstić information content (AvgIpc) is 2.59. The van der Waals surface area contributed by atoms with Crippen molar-refractivity contribution in [1.82, 2.24) is 10.7 Å². The van der Waals surface area contributed by atoms with Crippen LogP contribution >= 0.6 is 0 Å². The van der Waals surface area contributed by atoms with Gasteiger partial charge in [-0.3, -0.25) is 14.4 Å². The van der Waals surface area contributed by atoms with Gasteiger partial charge in [0.05, 0.1) is 0 Å². The van der Waals surface area contributed by atoms with Gasteiger partial charge in [-0.2, -0.15) is 5.10 Å². The van der Waals surface area contributed by atoms with E-state index >= 15 is 0 Å². The molecule has 2 N–H and O–H groups in total. The lowest BCUT2D eigenvalue weighted by Gasteiger charge is -2.26. The fourth-order valence-corrected chi connectivity index (χ4v) is 2.93. The minimum absolute atomic E-state index is 0.142. The van der Waals surface area contributed by atoms with Gasteiger partial charge in [-0.15, -0.1) is 0 Å². The molecule has 0 aliphatic carbocycles. The number of benzene rings is 1. The minimum atomic E-state index is -0.238. The number of hydrogen-bond acceptors (Lipinski definition) is 4. The maximum atomic E-state index is 12.0. The van der Waals surface area contributed by atoms with E-state index < -0.39 is 0 Å². The molecule has 0 saturated heterocycles. The summed E-state index contributed by atoms with van der Waals surface area (Å²) in [5.74, 6) is -0.259. The fourth-order valence-electron chi connectivity index (χ4n) is 2.93. The number of anilines is 1. The molecule has 7 heteroatoms. The maximum Gasteiger partial charge on any atom is 0.267 e. The van der Waals surface area contributed by atoms with Crippen LogP contribution in [0, 0.1) is 0 Å². The van der Waals surface area contributed by atoms with Crippen LogP contribution in [0.25, 0.3) is 0 Å². The van der Waals surface area contributed by atoms with Crippen molar-refractivity contribution in [2.45, 2.75) is 32.1 Å². The fraction of sp³-hybridized carbons (Fsp3) is 0.412. The van der Waals surface area contributed by atoms with Crippen LogP contribution in [0.3, 0.4) is 0 Å². The Balaban J connectivity index is 1.55. The number of nitrogens with zero attached hydrogens (tertiary/aromatic N) is 2. The summed E-state index contributed by atoms with van der Waals surface area (Å²) in [5.41, 5.74) is 5.93. The largest absolute Gasteiger partial charge is 0.351 e. The summed E-state index contributed by atoms with van der Waals surface area (Å²) in [6.45, 7) is 0.499. The zero-order chi connectivity index (χ0) is 17.1. The predicted molar refractivity (Wildman–Crippen MR) is 89.7 cm³/mol. The Morgan fingerprint density at radius 3 is 2.83 bits per heavy atom.